The van der Waals surface area contributed by atoms with Crippen molar-refractivity contribution in [2.75, 3.05) is 19.0 Å². The highest BCUT2D eigenvalue weighted by Gasteiger charge is 2.16. The van der Waals surface area contributed by atoms with E-state index in [1.54, 1.807) is 0 Å². The molecule has 31 heavy (non-hydrogen) atoms. The maximum absolute atomic E-state index is 12.5. The minimum absolute atomic E-state index is 0.116. The number of carbonyl (C=O) groups excluding carboxylic acids is 1. The fourth-order valence-electron chi connectivity index (χ4n) is 3.25. The lowest BCUT2D eigenvalue weighted by Crippen LogP contribution is -2.15. The van der Waals surface area contributed by atoms with Crippen molar-refractivity contribution in [3.63, 3.8) is 0 Å². The van der Waals surface area contributed by atoms with Gasteiger partial charge in [0, 0.05) is 13.0 Å². The third kappa shape index (κ3) is 5.38. The molecule has 0 bridgehead atoms. The van der Waals surface area contributed by atoms with Crippen LogP contribution in [0.15, 0.2) is 47.6 Å². The molecule has 0 N–H and O–H groups in total. The first kappa shape index (κ1) is 21.2. The first-order chi connectivity index (χ1) is 15.1. The van der Waals surface area contributed by atoms with Crippen LogP contribution in [0.4, 0.5) is 0 Å². The largest absolute Gasteiger partial charge is 0.486 e. The summed E-state index contributed by atoms with van der Waals surface area (Å²) in [7, 11) is 0. The summed E-state index contributed by atoms with van der Waals surface area (Å²) in [5.74, 6) is 3.40. The van der Waals surface area contributed by atoms with Crippen molar-refractivity contribution in [3.05, 3.63) is 59.4 Å². The summed E-state index contributed by atoms with van der Waals surface area (Å²) >= 11 is 1.40. The molecule has 8 heteroatoms. The number of thioether (sulfide) groups is 1. The number of fused-ring (bicyclic) bond motifs is 1. The van der Waals surface area contributed by atoms with Gasteiger partial charge < -0.3 is 18.8 Å². The summed E-state index contributed by atoms with van der Waals surface area (Å²) in [5.41, 5.74) is 2.10. The fraction of sp³-hybridized carbons (Fsp3) is 0.348. The Bertz CT molecular complexity index is 1050. The third-order valence-electron chi connectivity index (χ3n) is 4.87. The molecule has 0 saturated carbocycles. The lowest BCUT2D eigenvalue weighted by Gasteiger charge is -2.18. The Kier molecular flexibility index (Phi) is 6.76. The van der Waals surface area contributed by atoms with E-state index in [4.69, 9.17) is 14.2 Å². The van der Waals surface area contributed by atoms with E-state index >= 15 is 0 Å². The molecule has 3 aromatic rings. The van der Waals surface area contributed by atoms with Crippen LogP contribution in [0.1, 0.15) is 23.9 Å². The molecule has 0 radical (unpaired) electrons. The Morgan fingerprint density at radius 1 is 1.10 bits per heavy atom. The molecule has 1 aromatic heterocycles. The molecule has 2 heterocycles. The van der Waals surface area contributed by atoms with E-state index in [1.165, 1.54) is 17.3 Å². The summed E-state index contributed by atoms with van der Waals surface area (Å²) in [6.07, 6.45) is 0.341. The molecule has 162 valence electrons. The van der Waals surface area contributed by atoms with E-state index < -0.39 is 0 Å². The van der Waals surface area contributed by atoms with Gasteiger partial charge >= 0.3 is 0 Å². The van der Waals surface area contributed by atoms with Gasteiger partial charge in [0.15, 0.2) is 22.5 Å². The van der Waals surface area contributed by atoms with Crippen molar-refractivity contribution in [2.24, 2.45) is 0 Å². The number of aromatic nitrogens is 3. The molecule has 1 aliphatic heterocycles. The molecule has 0 unspecified atom stereocenters. The molecule has 0 amide bonds. The number of ketones is 1. The maximum Gasteiger partial charge on any atom is 0.191 e. The van der Waals surface area contributed by atoms with Crippen molar-refractivity contribution < 1.29 is 19.0 Å². The van der Waals surface area contributed by atoms with E-state index in [1.807, 2.05) is 60.9 Å². The van der Waals surface area contributed by atoms with E-state index in [-0.39, 0.29) is 5.78 Å². The van der Waals surface area contributed by atoms with Crippen molar-refractivity contribution in [3.8, 4) is 17.2 Å². The standard InChI is InChI=1S/C23H25N3O4S/c1-3-26-22(14-30-19-7-4-16(2)5-8-19)24-25-23(26)31-15-18(27)12-17-6-9-20-21(13-17)29-11-10-28-20/h4-9,13H,3,10-12,14-15H2,1-2H3. The van der Waals surface area contributed by atoms with Crippen molar-refractivity contribution in [1.82, 2.24) is 14.8 Å². The summed E-state index contributed by atoms with van der Waals surface area (Å²) in [6.45, 7) is 6.19. The predicted octanol–water partition coefficient (Wildman–Crippen LogP) is 3.86. The summed E-state index contributed by atoms with van der Waals surface area (Å²) in [6, 6.07) is 13.5. The van der Waals surface area contributed by atoms with Crippen LogP contribution in [0.2, 0.25) is 0 Å². The zero-order chi connectivity index (χ0) is 21.6. The Balaban J connectivity index is 1.32. The molecule has 0 atom stereocenters. The first-order valence-electron chi connectivity index (χ1n) is 10.3. The average Bonchev–Trinajstić information content (AvgIpc) is 3.19. The van der Waals surface area contributed by atoms with Crippen LogP contribution < -0.4 is 14.2 Å². The zero-order valence-corrected chi connectivity index (χ0v) is 18.5. The summed E-state index contributed by atoms with van der Waals surface area (Å²) in [4.78, 5) is 12.5. The van der Waals surface area contributed by atoms with E-state index in [0.29, 0.717) is 44.3 Å². The predicted molar refractivity (Wildman–Crippen MR) is 118 cm³/mol. The Labute approximate surface area is 185 Å². The highest BCUT2D eigenvalue weighted by Crippen LogP contribution is 2.31. The van der Waals surface area contributed by atoms with Gasteiger partial charge in [-0.3, -0.25) is 4.79 Å². The number of nitrogens with zero attached hydrogens (tertiary/aromatic N) is 3. The lowest BCUT2D eigenvalue weighted by molar-refractivity contribution is -0.116. The molecular weight excluding hydrogens is 414 g/mol. The van der Waals surface area contributed by atoms with Crippen molar-refractivity contribution >= 4 is 17.5 Å². The normalized spacial score (nSPS) is 12.6. The van der Waals surface area contributed by atoms with Crippen molar-refractivity contribution in [1.29, 1.82) is 0 Å². The molecule has 2 aromatic carbocycles. The SMILES string of the molecule is CCn1c(COc2ccc(C)cc2)nnc1SCC(=O)Cc1ccc2c(c1)OCCO2. The van der Waals surface area contributed by atoms with E-state index in [9.17, 15) is 4.79 Å². The number of benzene rings is 2. The monoisotopic (exact) mass is 439 g/mol. The maximum atomic E-state index is 12.5. The number of Topliss-reactive ketones (excluding diaryl/α,β-unsaturated/α-hetero) is 1. The molecule has 0 saturated heterocycles. The molecule has 0 fully saturated rings. The number of carbonyl (C=O) groups is 1. The third-order valence-corrected chi connectivity index (χ3v) is 5.90. The average molecular weight is 440 g/mol. The van der Waals surface area contributed by atoms with Gasteiger partial charge in [0.1, 0.15) is 31.4 Å². The topological polar surface area (TPSA) is 75.5 Å². The molecule has 7 nitrogen and oxygen atoms in total. The molecule has 4 rings (SSSR count). The number of ether oxygens (including phenoxy) is 3. The number of hydrogen-bond acceptors (Lipinski definition) is 7. The minimum atomic E-state index is 0.116. The van der Waals surface area contributed by atoms with Gasteiger partial charge in [-0.25, -0.2) is 0 Å². The van der Waals surface area contributed by atoms with E-state index in [2.05, 4.69) is 10.2 Å². The first-order valence-corrected chi connectivity index (χ1v) is 11.3. The van der Waals surface area contributed by atoms with Crippen LogP contribution in [0.25, 0.3) is 0 Å². The highest BCUT2D eigenvalue weighted by atomic mass is 32.2. The van der Waals surface area contributed by atoms with Gasteiger partial charge in [-0.05, 0) is 43.7 Å². The highest BCUT2D eigenvalue weighted by molar-refractivity contribution is 7.99. The molecule has 0 aliphatic carbocycles. The van der Waals surface area contributed by atoms with Gasteiger partial charge in [0.05, 0.1) is 5.75 Å². The molecular formula is C23H25N3O4S. The second-order valence-corrected chi connectivity index (χ2v) is 8.17. The number of rotatable bonds is 9. The van der Waals surface area contributed by atoms with Crippen LogP contribution in [0.5, 0.6) is 17.2 Å². The van der Waals surface area contributed by atoms with Gasteiger partial charge in [0.25, 0.3) is 0 Å². The summed E-state index contributed by atoms with van der Waals surface area (Å²) < 4.78 is 18.9. The second-order valence-electron chi connectivity index (χ2n) is 7.23. The minimum Gasteiger partial charge on any atom is -0.486 e. The van der Waals surface area contributed by atoms with Crippen LogP contribution >= 0.6 is 11.8 Å². The van der Waals surface area contributed by atoms with Crippen LogP contribution in [0.3, 0.4) is 0 Å². The van der Waals surface area contributed by atoms with Gasteiger partial charge in [-0.2, -0.15) is 0 Å². The zero-order valence-electron chi connectivity index (χ0n) is 17.7. The molecule has 0 spiro atoms. The quantitative estimate of drug-likeness (QED) is 0.469. The number of hydrogen-bond donors (Lipinski definition) is 0. The van der Waals surface area contributed by atoms with Crippen LogP contribution in [0, 0.1) is 6.92 Å². The van der Waals surface area contributed by atoms with Gasteiger partial charge in [-0.15, -0.1) is 10.2 Å². The number of aryl methyl sites for hydroxylation is 1. The van der Waals surface area contributed by atoms with Gasteiger partial charge in [0.2, 0.25) is 0 Å². The van der Waals surface area contributed by atoms with Crippen LogP contribution in [-0.2, 0) is 24.4 Å². The Morgan fingerprint density at radius 3 is 2.65 bits per heavy atom. The fourth-order valence-corrected chi connectivity index (χ4v) is 4.14. The Hall–Kier alpha value is -3.00. The van der Waals surface area contributed by atoms with Gasteiger partial charge in [-0.1, -0.05) is 35.5 Å². The molecule has 1 aliphatic rings. The Morgan fingerprint density at radius 2 is 1.87 bits per heavy atom. The van der Waals surface area contributed by atoms with Crippen LogP contribution in [-0.4, -0.2) is 39.5 Å². The summed E-state index contributed by atoms with van der Waals surface area (Å²) in [5, 5.41) is 9.24. The van der Waals surface area contributed by atoms with Crippen molar-refractivity contribution in [2.45, 2.75) is 38.6 Å². The second kappa shape index (κ2) is 9.87. The van der Waals surface area contributed by atoms with E-state index in [0.717, 1.165) is 28.0 Å². The smallest absolute Gasteiger partial charge is 0.191 e. The lowest BCUT2D eigenvalue weighted by atomic mass is 10.1.